The van der Waals surface area contributed by atoms with Crippen LogP contribution in [0.2, 0.25) is 12.6 Å². The molecule has 0 N–H and O–H groups in total. The normalized spacial score (nSPS) is 15.1. The number of rotatable bonds is 5. The summed E-state index contributed by atoms with van der Waals surface area (Å²) < 4.78 is 1.62. The van der Waals surface area contributed by atoms with Gasteiger partial charge in [-0.05, 0) is 0 Å². The molecule has 144 valence electrons. The van der Waals surface area contributed by atoms with Gasteiger partial charge in [0.2, 0.25) is 0 Å². The van der Waals surface area contributed by atoms with Crippen molar-refractivity contribution in [2.45, 2.75) is 73.4 Å². The molecule has 0 aromatic heterocycles. The second-order valence-corrected chi connectivity index (χ2v) is 12.6. The molecule has 1 aromatic rings. The zero-order valence-corrected chi connectivity index (χ0v) is 21.9. The molecule has 1 aliphatic rings. The SMILES string of the molecule is CCCC[Si](C)(C1=[C]([Ti+3])CC=C1)c1c(C)c(C)c(C)c(C)c1C.[Cl-].[Cl-].[Cl-]. The average molecular weight is 466 g/mol. The van der Waals surface area contributed by atoms with Crippen LogP contribution in [0.15, 0.2) is 21.2 Å². The van der Waals surface area contributed by atoms with Crippen LogP contribution >= 0.6 is 0 Å². The molecule has 0 radical (unpaired) electrons. The first-order valence-electron chi connectivity index (χ1n) is 8.94. The Morgan fingerprint density at radius 1 is 0.885 bits per heavy atom. The van der Waals surface area contributed by atoms with Crippen molar-refractivity contribution in [2.24, 2.45) is 0 Å². The summed E-state index contributed by atoms with van der Waals surface area (Å²) in [4.78, 5) is 0. The fraction of sp³-hybridized carbons (Fsp3) is 0.524. The van der Waals surface area contributed by atoms with Crippen molar-refractivity contribution in [3.63, 3.8) is 0 Å². The van der Waals surface area contributed by atoms with E-state index < -0.39 is 8.07 Å². The summed E-state index contributed by atoms with van der Waals surface area (Å²) in [5, 5.41) is 3.44. The van der Waals surface area contributed by atoms with Gasteiger partial charge in [-0.25, -0.2) is 0 Å². The van der Waals surface area contributed by atoms with Gasteiger partial charge < -0.3 is 37.2 Å². The van der Waals surface area contributed by atoms with Crippen molar-refractivity contribution in [3.8, 4) is 0 Å². The van der Waals surface area contributed by atoms with Crippen molar-refractivity contribution >= 4 is 13.3 Å². The predicted octanol–water partition coefficient (Wildman–Crippen LogP) is -3.37. The van der Waals surface area contributed by atoms with Crippen LogP contribution in [0.5, 0.6) is 0 Å². The number of hydrogen-bond donors (Lipinski definition) is 0. The first kappa shape index (κ1) is 28.7. The van der Waals surface area contributed by atoms with Crippen molar-refractivity contribution in [1.82, 2.24) is 0 Å². The molecule has 1 atom stereocenters. The first-order valence-corrected chi connectivity index (χ1v) is 12.4. The van der Waals surface area contributed by atoms with E-state index in [9.17, 15) is 0 Å². The molecule has 0 nitrogen and oxygen atoms in total. The molecule has 0 spiro atoms. The van der Waals surface area contributed by atoms with E-state index in [2.05, 4.69) is 80.7 Å². The molecular formula is C21H31Cl3SiTi. The minimum Gasteiger partial charge on any atom is -1.00 e. The largest absolute Gasteiger partial charge is 1.00 e. The molecule has 0 aliphatic heterocycles. The molecule has 1 unspecified atom stereocenters. The van der Waals surface area contributed by atoms with E-state index in [1.165, 1.54) is 35.6 Å². The van der Waals surface area contributed by atoms with Crippen LogP contribution in [0.4, 0.5) is 0 Å². The standard InChI is InChI=1S/C21H31Si.3ClH.Ti/c1-8-9-14-22(7,20-12-10-11-13-20)21-18(5)16(3)15(2)17(4)19(21)6;;;;/h10,12H,8-9,11,14H2,1-7H3;3*1H;/q;;;;+3/p-3. The number of hydrogen-bond acceptors (Lipinski definition) is 0. The van der Waals surface area contributed by atoms with Crippen molar-refractivity contribution in [1.29, 1.82) is 0 Å². The van der Waals surface area contributed by atoms with E-state index in [1.54, 1.807) is 25.4 Å². The van der Waals surface area contributed by atoms with E-state index in [4.69, 9.17) is 0 Å². The zero-order valence-electron chi connectivity index (χ0n) is 17.1. The van der Waals surface area contributed by atoms with Gasteiger partial charge in [0.25, 0.3) is 0 Å². The van der Waals surface area contributed by atoms with Gasteiger partial charge in [0.15, 0.2) is 0 Å². The Bertz CT molecular complexity index is 666. The summed E-state index contributed by atoms with van der Waals surface area (Å²) in [6, 6.07) is 1.38. The molecule has 1 aliphatic carbocycles. The topological polar surface area (TPSA) is 0 Å². The van der Waals surface area contributed by atoms with E-state index in [1.807, 2.05) is 0 Å². The molecule has 2 rings (SSSR count). The molecule has 0 fully saturated rings. The Morgan fingerprint density at radius 2 is 1.35 bits per heavy atom. The average Bonchev–Trinajstić information content (AvgIpc) is 2.96. The van der Waals surface area contributed by atoms with E-state index in [0.717, 1.165) is 6.42 Å². The van der Waals surface area contributed by atoms with E-state index in [-0.39, 0.29) is 37.2 Å². The Kier molecular flexibility index (Phi) is 12.7. The Balaban J connectivity index is 0. The van der Waals surface area contributed by atoms with Crippen LogP contribution in [0.3, 0.4) is 0 Å². The summed E-state index contributed by atoms with van der Waals surface area (Å²) in [6.07, 6.45) is 8.63. The molecule has 1 aromatic carbocycles. The number of halogens is 3. The summed E-state index contributed by atoms with van der Waals surface area (Å²) in [6.45, 7) is 16.6. The molecule has 0 saturated heterocycles. The molecular weight excluding hydrogens is 435 g/mol. The Hall–Kier alpha value is 0.501. The van der Waals surface area contributed by atoms with Gasteiger partial charge in [-0.3, -0.25) is 0 Å². The Morgan fingerprint density at radius 3 is 1.73 bits per heavy atom. The number of unbranched alkanes of at least 4 members (excludes halogenated alkanes) is 1. The minimum absolute atomic E-state index is 0. The summed E-state index contributed by atoms with van der Waals surface area (Å²) in [5.74, 6) is 0. The molecule has 0 amide bonds. The van der Waals surface area contributed by atoms with Crippen molar-refractivity contribution in [3.05, 3.63) is 49.0 Å². The summed E-state index contributed by atoms with van der Waals surface area (Å²) in [5.41, 5.74) is 7.65. The van der Waals surface area contributed by atoms with Crippen LogP contribution in [-0.4, -0.2) is 8.07 Å². The fourth-order valence-electron chi connectivity index (χ4n) is 4.27. The van der Waals surface area contributed by atoms with Gasteiger partial charge in [0.05, 0.1) is 0 Å². The summed E-state index contributed by atoms with van der Waals surface area (Å²) in [7, 11) is -1.66. The molecule has 0 saturated carbocycles. The third-order valence-electron chi connectivity index (χ3n) is 6.11. The van der Waals surface area contributed by atoms with Gasteiger partial charge in [0, 0.05) is 0 Å². The minimum atomic E-state index is -1.66. The second kappa shape index (κ2) is 11.5. The number of allylic oxidation sites excluding steroid dienone is 4. The maximum atomic E-state index is 2.63. The third-order valence-corrected chi connectivity index (χ3v) is 12.1. The zero-order chi connectivity index (χ0) is 17.4. The third kappa shape index (κ3) is 5.10. The van der Waals surface area contributed by atoms with Crippen LogP contribution in [0.1, 0.15) is 54.0 Å². The molecule has 0 bridgehead atoms. The van der Waals surface area contributed by atoms with Crippen molar-refractivity contribution < 1.29 is 57.7 Å². The van der Waals surface area contributed by atoms with Crippen LogP contribution < -0.4 is 42.4 Å². The Labute approximate surface area is 192 Å². The van der Waals surface area contributed by atoms with E-state index >= 15 is 0 Å². The monoisotopic (exact) mass is 464 g/mol. The van der Waals surface area contributed by atoms with Gasteiger partial charge >= 0.3 is 156 Å². The van der Waals surface area contributed by atoms with Crippen LogP contribution in [0, 0.1) is 34.6 Å². The predicted molar refractivity (Wildman–Crippen MR) is 102 cm³/mol. The van der Waals surface area contributed by atoms with Gasteiger partial charge in [-0.1, -0.05) is 0 Å². The maximum absolute atomic E-state index is 2.63. The van der Waals surface area contributed by atoms with Gasteiger partial charge in [-0.2, -0.15) is 0 Å². The quantitative estimate of drug-likeness (QED) is 0.398. The van der Waals surface area contributed by atoms with Crippen molar-refractivity contribution in [2.75, 3.05) is 0 Å². The first-order chi connectivity index (χ1) is 10.8. The summed E-state index contributed by atoms with van der Waals surface area (Å²) >= 11 is 2.35. The smallest absolute Gasteiger partial charge is 1.00 e. The van der Waals surface area contributed by atoms with Crippen LogP contribution in [-0.2, 0) is 20.4 Å². The maximum Gasteiger partial charge on any atom is -1.00 e. The molecule has 26 heavy (non-hydrogen) atoms. The van der Waals surface area contributed by atoms with Crippen LogP contribution in [0.25, 0.3) is 0 Å². The molecule has 0 heterocycles. The van der Waals surface area contributed by atoms with Gasteiger partial charge in [0.1, 0.15) is 0 Å². The van der Waals surface area contributed by atoms with Gasteiger partial charge in [-0.15, -0.1) is 0 Å². The molecule has 5 heteroatoms. The number of benzene rings is 1. The second-order valence-electron chi connectivity index (χ2n) is 7.43. The fourth-order valence-corrected chi connectivity index (χ4v) is 11.0. The van der Waals surface area contributed by atoms with E-state index in [0.29, 0.717) is 0 Å².